The van der Waals surface area contributed by atoms with Crippen LogP contribution in [0.15, 0.2) is 41.7 Å². The molecule has 0 unspecified atom stereocenters. The predicted octanol–water partition coefficient (Wildman–Crippen LogP) is 2.24. The molecule has 0 saturated heterocycles. The molecule has 120 valence electrons. The van der Waals surface area contributed by atoms with Crippen LogP contribution in [0.2, 0.25) is 0 Å². The average molecular weight is 337 g/mol. The number of hydrogen-bond acceptors (Lipinski definition) is 6. The molecular formula is C17H15N5OS. The van der Waals surface area contributed by atoms with Gasteiger partial charge in [-0.15, -0.1) is 11.3 Å². The van der Waals surface area contributed by atoms with E-state index >= 15 is 0 Å². The third-order valence-corrected chi connectivity index (χ3v) is 4.76. The smallest absolute Gasteiger partial charge is 0.273 e. The van der Waals surface area contributed by atoms with Crippen LogP contribution in [-0.2, 0) is 12.8 Å². The van der Waals surface area contributed by atoms with Crippen LogP contribution in [0.4, 0.5) is 0 Å². The molecule has 0 aliphatic carbocycles. The van der Waals surface area contributed by atoms with Crippen LogP contribution >= 0.6 is 11.3 Å². The maximum absolute atomic E-state index is 12.5. The van der Waals surface area contributed by atoms with Gasteiger partial charge in [-0.2, -0.15) is 0 Å². The molecule has 1 amide bonds. The second-order valence-corrected chi connectivity index (χ2v) is 6.27. The quantitative estimate of drug-likeness (QED) is 0.717. The van der Waals surface area contributed by atoms with E-state index in [0.717, 1.165) is 35.4 Å². The molecule has 24 heavy (non-hydrogen) atoms. The summed E-state index contributed by atoms with van der Waals surface area (Å²) in [7, 11) is 0. The molecule has 4 rings (SSSR count). The summed E-state index contributed by atoms with van der Waals surface area (Å²) in [6, 6.07) is 3.90. The SMILES string of the molecule is O=C(c1cscn1)N1CCc2ncnc(-c3ccncc3)c2CC1. The molecule has 1 aliphatic rings. The van der Waals surface area contributed by atoms with Gasteiger partial charge in [0.15, 0.2) is 0 Å². The monoisotopic (exact) mass is 337 g/mol. The highest BCUT2D eigenvalue weighted by molar-refractivity contribution is 7.07. The first-order valence-corrected chi connectivity index (χ1v) is 8.68. The van der Waals surface area contributed by atoms with Crippen molar-refractivity contribution in [3.63, 3.8) is 0 Å². The third kappa shape index (κ3) is 2.78. The highest BCUT2D eigenvalue weighted by Crippen LogP contribution is 2.25. The van der Waals surface area contributed by atoms with Crippen molar-refractivity contribution in [2.24, 2.45) is 0 Å². The molecule has 0 fully saturated rings. The molecule has 0 saturated carbocycles. The lowest BCUT2D eigenvalue weighted by atomic mass is 10.0. The first-order chi connectivity index (χ1) is 11.8. The standard InChI is InChI=1S/C17H15N5OS/c23-17(15-9-24-11-21-15)22-7-3-13-14(4-8-22)19-10-20-16(13)12-1-5-18-6-2-12/h1-2,5-6,9-11H,3-4,7-8H2. The number of thiazole rings is 1. The van der Waals surface area contributed by atoms with Crippen molar-refractivity contribution >= 4 is 17.2 Å². The fourth-order valence-electron chi connectivity index (χ4n) is 2.97. The van der Waals surface area contributed by atoms with Crippen LogP contribution in [0.5, 0.6) is 0 Å². The third-order valence-electron chi connectivity index (χ3n) is 4.18. The Bertz CT molecular complexity index is 851. The number of hydrogen-bond donors (Lipinski definition) is 0. The largest absolute Gasteiger partial charge is 0.337 e. The fourth-order valence-corrected chi connectivity index (χ4v) is 3.49. The molecule has 0 N–H and O–H groups in total. The van der Waals surface area contributed by atoms with Gasteiger partial charge in [0.1, 0.15) is 12.0 Å². The van der Waals surface area contributed by atoms with Gasteiger partial charge in [-0.05, 0) is 18.6 Å². The molecule has 0 radical (unpaired) electrons. The van der Waals surface area contributed by atoms with Gasteiger partial charge in [-0.3, -0.25) is 9.78 Å². The summed E-state index contributed by atoms with van der Waals surface area (Å²) in [4.78, 5) is 31.5. The molecule has 0 bridgehead atoms. The molecule has 0 aromatic carbocycles. The summed E-state index contributed by atoms with van der Waals surface area (Å²) in [5.41, 5.74) is 6.31. The van der Waals surface area contributed by atoms with Crippen molar-refractivity contribution < 1.29 is 4.79 Å². The molecule has 0 spiro atoms. The Labute approximate surface area is 143 Å². The van der Waals surface area contributed by atoms with Gasteiger partial charge in [-0.1, -0.05) is 0 Å². The van der Waals surface area contributed by atoms with E-state index in [-0.39, 0.29) is 5.91 Å². The van der Waals surface area contributed by atoms with E-state index in [9.17, 15) is 4.79 Å². The molecule has 4 heterocycles. The van der Waals surface area contributed by atoms with E-state index < -0.39 is 0 Å². The second-order valence-electron chi connectivity index (χ2n) is 5.55. The summed E-state index contributed by atoms with van der Waals surface area (Å²) in [6.07, 6.45) is 6.60. The Morgan fingerprint density at radius 1 is 1.08 bits per heavy atom. The first kappa shape index (κ1) is 14.9. The van der Waals surface area contributed by atoms with Gasteiger partial charge >= 0.3 is 0 Å². The van der Waals surface area contributed by atoms with Crippen LogP contribution in [0.25, 0.3) is 11.3 Å². The number of amides is 1. The number of carbonyl (C=O) groups excluding carboxylic acids is 1. The zero-order valence-electron chi connectivity index (χ0n) is 12.9. The summed E-state index contributed by atoms with van der Waals surface area (Å²) in [5.74, 6) is -0.0116. The Morgan fingerprint density at radius 2 is 1.92 bits per heavy atom. The summed E-state index contributed by atoms with van der Waals surface area (Å²) < 4.78 is 0. The first-order valence-electron chi connectivity index (χ1n) is 7.73. The van der Waals surface area contributed by atoms with Crippen LogP contribution in [0, 0.1) is 0 Å². The molecule has 6 nitrogen and oxygen atoms in total. The lowest BCUT2D eigenvalue weighted by molar-refractivity contribution is 0.0758. The summed E-state index contributed by atoms with van der Waals surface area (Å²) >= 11 is 1.44. The van der Waals surface area contributed by atoms with E-state index in [1.54, 1.807) is 29.6 Å². The van der Waals surface area contributed by atoms with E-state index in [0.29, 0.717) is 18.8 Å². The van der Waals surface area contributed by atoms with Crippen LogP contribution in [0.1, 0.15) is 21.7 Å². The Morgan fingerprint density at radius 3 is 2.71 bits per heavy atom. The Hall–Kier alpha value is -2.67. The number of nitrogens with zero attached hydrogens (tertiary/aromatic N) is 5. The molecule has 0 atom stereocenters. The normalized spacial score (nSPS) is 14.1. The average Bonchev–Trinajstić information content (AvgIpc) is 3.08. The number of pyridine rings is 1. The maximum Gasteiger partial charge on any atom is 0.273 e. The zero-order valence-corrected chi connectivity index (χ0v) is 13.7. The highest BCUT2D eigenvalue weighted by Gasteiger charge is 2.23. The topological polar surface area (TPSA) is 71.9 Å². The Balaban J connectivity index is 1.63. The van der Waals surface area contributed by atoms with Crippen molar-refractivity contribution in [1.82, 2.24) is 24.8 Å². The van der Waals surface area contributed by atoms with Crippen molar-refractivity contribution in [2.45, 2.75) is 12.8 Å². The van der Waals surface area contributed by atoms with E-state index in [1.807, 2.05) is 17.0 Å². The lowest BCUT2D eigenvalue weighted by Gasteiger charge is -2.18. The zero-order chi connectivity index (χ0) is 16.4. The number of fused-ring (bicyclic) bond motifs is 1. The van der Waals surface area contributed by atoms with Gasteiger partial charge in [-0.25, -0.2) is 15.0 Å². The fraction of sp³-hybridized carbons (Fsp3) is 0.235. The number of carbonyl (C=O) groups is 1. The minimum Gasteiger partial charge on any atom is -0.337 e. The molecule has 7 heteroatoms. The molecule has 3 aromatic rings. The van der Waals surface area contributed by atoms with Gasteiger partial charge in [0, 0.05) is 54.1 Å². The highest BCUT2D eigenvalue weighted by atomic mass is 32.1. The van der Waals surface area contributed by atoms with E-state index in [1.165, 1.54) is 11.3 Å². The summed E-state index contributed by atoms with van der Waals surface area (Å²) in [6.45, 7) is 1.30. The van der Waals surface area contributed by atoms with E-state index in [2.05, 4.69) is 19.9 Å². The van der Waals surface area contributed by atoms with Crippen LogP contribution < -0.4 is 0 Å². The van der Waals surface area contributed by atoms with Crippen molar-refractivity contribution in [1.29, 1.82) is 0 Å². The minimum absolute atomic E-state index is 0.0116. The lowest BCUT2D eigenvalue weighted by Crippen LogP contribution is -2.33. The summed E-state index contributed by atoms with van der Waals surface area (Å²) in [5, 5.41) is 1.79. The van der Waals surface area contributed by atoms with Crippen molar-refractivity contribution in [3.8, 4) is 11.3 Å². The van der Waals surface area contributed by atoms with Crippen molar-refractivity contribution in [2.75, 3.05) is 13.1 Å². The van der Waals surface area contributed by atoms with Gasteiger partial charge in [0.05, 0.1) is 11.2 Å². The Kier molecular flexibility index (Phi) is 4.00. The molecule has 1 aliphatic heterocycles. The van der Waals surface area contributed by atoms with Gasteiger partial charge in [0.2, 0.25) is 0 Å². The molecular weight excluding hydrogens is 322 g/mol. The number of rotatable bonds is 2. The minimum atomic E-state index is -0.0116. The van der Waals surface area contributed by atoms with Crippen LogP contribution in [0.3, 0.4) is 0 Å². The van der Waals surface area contributed by atoms with E-state index in [4.69, 9.17) is 0 Å². The van der Waals surface area contributed by atoms with Crippen molar-refractivity contribution in [3.05, 3.63) is 58.7 Å². The van der Waals surface area contributed by atoms with Gasteiger partial charge < -0.3 is 4.90 Å². The van der Waals surface area contributed by atoms with Crippen LogP contribution in [-0.4, -0.2) is 43.8 Å². The molecule has 3 aromatic heterocycles. The van der Waals surface area contributed by atoms with Gasteiger partial charge in [0.25, 0.3) is 5.91 Å². The number of aromatic nitrogens is 4. The maximum atomic E-state index is 12.5. The predicted molar refractivity (Wildman–Crippen MR) is 90.7 cm³/mol. The second kappa shape index (κ2) is 6.45.